The van der Waals surface area contributed by atoms with Gasteiger partial charge in [-0.05, 0) is 36.6 Å². The van der Waals surface area contributed by atoms with Crippen LogP contribution in [0.3, 0.4) is 0 Å². The number of nitrogens with one attached hydrogen (secondary N) is 2. The predicted octanol–water partition coefficient (Wildman–Crippen LogP) is 5.14. The van der Waals surface area contributed by atoms with Crippen molar-refractivity contribution in [1.29, 1.82) is 0 Å². The number of rotatable bonds is 7. The number of hydrogen-bond donors (Lipinski definition) is 2. The molecule has 1 aliphatic heterocycles. The fourth-order valence-corrected chi connectivity index (χ4v) is 6.73. The zero-order chi connectivity index (χ0) is 28.6. The van der Waals surface area contributed by atoms with Crippen LogP contribution in [0.25, 0.3) is 10.2 Å². The van der Waals surface area contributed by atoms with E-state index in [9.17, 15) is 9.59 Å². The van der Waals surface area contributed by atoms with Gasteiger partial charge in [-0.25, -0.2) is 19.7 Å². The van der Waals surface area contributed by atoms with Crippen molar-refractivity contribution in [3.8, 4) is 0 Å². The zero-order valence-electron chi connectivity index (χ0n) is 22.7. The van der Waals surface area contributed by atoms with Gasteiger partial charge in [-0.1, -0.05) is 53.3 Å². The zero-order valence-corrected chi connectivity index (χ0v) is 24.3. The summed E-state index contributed by atoms with van der Waals surface area (Å²) in [5, 5.41) is 8.37. The lowest BCUT2D eigenvalue weighted by atomic mass is 9.75. The number of benzene rings is 2. The molecular formula is C29H30ClN7O3S. The first-order valence-electron chi connectivity index (χ1n) is 13.4. The van der Waals surface area contributed by atoms with Crippen molar-refractivity contribution >= 4 is 56.2 Å². The Balaban J connectivity index is 1.17. The number of ether oxygens (including phenoxy) is 1. The summed E-state index contributed by atoms with van der Waals surface area (Å²) in [5.74, 6) is 0.475. The van der Waals surface area contributed by atoms with Crippen LogP contribution < -0.4 is 10.6 Å². The van der Waals surface area contributed by atoms with E-state index < -0.39 is 0 Å². The molecule has 1 saturated carbocycles. The summed E-state index contributed by atoms with van der Waals surface area (Å²) in [7, 11) is 3.48. The fourth-order valence-electron chi connectivity index (χ4n) is 5.67. The van der Waals surface area contributed by atoms with Crippen LogP contribution in [0.4, 0.5) is 15.9 Å². The molecule has 212 valence electrons. The molecule has 2 fully saturated rings. The standard InChI is InChI=1S/C29H30ClN7O3S/c1-36(2)25(38)19-8-9-22-23(10-19)41-27(34-22)35-24-11-21(33-26-31-13-20(30)14-32-26)12-29(24)16-37(17-29)28(39)40-15-18-6-4-3-5-7-18/h3-10,13-14,21,24H,11-12,15-17H2,1-2H3,(H,34,35)(H,31,32,33)/t21-,24-/m1/s1. The third kappa shape index (κ3) is 5.77. The molecule has 4 aromatic rings. The molecular weight excluding hydrogens is 562 g/mol. The number of fused-ring (bicyclic) bond motifs is 1. The second kappa shape index (κ2) is 11.1. The number of aromatic nitrogens is 3. The van der Waals surface area contributed by atoms with Gasteiger partial charge < -0.3 is 25.2 Å². The Kier molecular flexibility index (Phi) is 7.39. The van der Waals surface area contributed by atoms with Gasteiger partial charge in [0.15, 0.2) is 5.13 Å². The molecule has 0 unspecified atom stereocenters. The molecule has 2 aromatic heterocycles. The quantitative estimate of drug-likeness (QED) is 0.304. The van der Waals surface area contributed by atoms with Gasteiger partial charge in [0.2, 0.25) is 5.95 Å². The van der Waals surface area contributed by atoms with Gasteiger partial charge >= 0.3 is 6.09 Å². The lowest BCUT2D eigenvalue weighted by molar-refractivity contribution is -0.00768. The molecule has 12 heteroatoms. The molecule has 10 nitrogen and oxygen atoms in total. The second-order valence-electron chi connectivity index (χ2n) is 10.9. The number of likely N-dealkylation sites (tertiary alicyclic amines) is 1. The molecule has 3 heterocycles. The molecule has 2 atom stereocenters. The summed E-state index contributed by atoms with van der Waals surface area (Å²) in [6.07, 6.45) is 4.45. The fraction of sp³-hybridized carbons (Fsp3) is 0.345. The molecule has 0 bridgehead atoms. The van der Waals surface area contributed by atoms with E-state index in [0.717, 1.165) is 33.8 Å². The van der Waals surface area contributed by atoms with E-state index in [1.165, 1.54) is 11.3 Å². The number of halogens is 1. The highest BCUT2D eigenvalue weighted by atomic mass is 35.5. The number of hydrogen-bond acceptors (Lipinski definition) is 9. The molecule has 2 amide bonds. The monoisotopic (exact) mass is 591 g/mol. The average molecular weight is 592 g/mol. The molecule has 1 saturated heterocycles. The van der Waals surface area contributed by atoms with Crippen LogP contribution >= 0.6 is 22.9 Å². The normalized spacial score (nSPS) is 19.1. The highest BCUT2D eigenvalue weighted by Gasteiger charge is 2.56. The van der Waals surface area contributed by atoms with Crippen LogP contribution in [0, 0.1) is 5.41 Å². The Morgan fingerprint density at radius 3 is 2.61 bits per heavy atom. The van der Waals surface area contributed by atoms with Gasteiger partial charge in [-0.15, -0.1) is 0 Å². The maximum absolute atomic E-state index is 12.9. The summed E-state index contributed by atoms with van der Waals surface area (Å²) < 4.78 is 6.53. The Labute approximate surface area is 246 Å². The van der Waals surface area contributed by atoms with Crippen LogP contribution in [0.5, 0.6) is 0 Å². The SMILES string of the molecule is CN(C)C(=O)c1ccc2nc(N[C@@H]3C[C@@H](Nc4ncc(Cl)cn4)CC34CN(C(=O)OCc3ccccc3)C4)sc2c1. The van der Waals surface area contributed by atoms with Crippen molar-refractivity contribution in [3.05, 3.63) is 77.1 Å². The minimum atomic E-state index is -0.311. The van der Waals surface area contributed by atoms with Crippen LogP contribution in [0.15, 0.2) is 60.9 Å². The van der Waals surface area contributed by atoms with Gasteiger partial charge in [-0.3, -0.25) is 4.79 Å². The molecule has 6 rings (SSSR count). The number of carbonyl (C=O) groups is 2. The Morgan fingerprint density at radius 2 is 1.88 bits per heavy atom. The molecule has 2 N–H and O–H groups in total. The van der Waals surface area contributed by atoms with E-state index in [2.05, 4.69) is 20.6 Å². The summed E-state index contributed by atoms with van der Waals surface area (Å²) in [4.78, 5) is 42.0. The topological polar surface area (TPSA) is 113 Å². The molecule has 2 aliphatic rings. The van der Waals surface area contributed by atoms with Crippen LogP contribution in [-0.2, 0) is 11.3 Å². The third-order valence-electron chi connectivity index (χ3n) is 7.68. The Morgan fingerprint density at radius 1 is 1.12 bits per heavy atom. The van der Waals surface area contributed by atoms with Crippen molar-refractivity contribution in [2.45, 2.75) is 31.5 Å². The summed E-state index contributed by atoms with van der Waals surface area (Å²) in [6, 6.07) is 15.4. The van der Waals surface area contributed by atoms with E-state index >= 15 is 0 Å². The number of nitrogens with zero attached hydrogens (tertiary/aromatic N) is 5. The summed E-state index contributed by atoms with van der Waals surface area (Å²) in [6.45, 7) is 1.39. The smallest absolute Gasteiger partial charge is 0.410 e. The van der Waals surface area contributed by atoms with Gasteiger partial charge in [0.1, 0.15) is 6.61 Å². The van der Waals surface area contributed by atoms with E-state index in [4.69, 9.17) is 21.3 Å². The maximum Gasteiger partial charge on any atom is 0.410 e. The van der Waals surface area contributed by atoms with Gasteiger partial charge in [0.25, 0.3) is 5.91 Å². The lowest BCUT2D eigenvalue weighted by Gasteiger charge is -2.50. The highest BCUT2D eigenvalue weighted by molar-refractivity contribution is 7.22. The second-order valence-corrected chi connectivity index (χ2v) is 12.3. The minimum Gasteiger partial charge on any atom is -0.445 e. The van der Waals surface area contributed by atoms with Crippen molar-refractivity contribution in [2.75, 3.05) is 37.8 Å². The van der Waals surface area contributed by atoms with Gasteiger partial charge in [-0.2, -0.15) is 0 Å². The number of carbonyl (C=O) groups excluding carboxylic acids is 2. The molecule has 2 aromatic carbocycles. The van der Waals surface area contributed by atoms with E-state index in [0.29, 0.717) is 29.6 Å². The van der Waals surface area contributed by atoms with Gasteiger partial charge in [0.05, 0.1) is 27.6 Å². The van der Waals surface area contributed by atoms with Crippen molar-refractivity contribution in [3.63, 3.8) is 0 Å². The van der Waals surface area contributed by atoms with E-state index in [1.54, 1.807) is 36.3 Å². The number of anilines is 2. The minimum absolute atomic E-state index is 0.0448. The van der Waals surface area contributed by atoms with Crippen molar-refractivity contribution < 1.29 is 14.3 Å². The summed E-state index contributed by atoms with van der Waals surface area (Å²) >= 11 is 7.49. The summed E-state index contributed by atoms with van der Waals surface area (Å²) in [5.41, 5.74) is 2.25. The Hall–Kier alpha value is -3.96. The maximum atomic E-state index is 12.9. The van der Waals surface area contributed by atoms with Crippen LogP contribution in [0.2, 0.25) is 5.02 Å². The molecule has 41 heavy (non-hydrogen) atoms. The average Bonchev–Trinajstić information content (AvgIpc) is 3.52. The number of thiazole rings is 1. The predicted molar refractivity (Wildman–Crippen MR) is 159 cm³/mol. The van der Waals surface area contributed by atoms with E-state index in [1.807, 2.05) is 48.5 Å². The third-order valence-corrected chi connectivity index (χ3v) is 8.82. The molecule has 0 radical (unpaired) electrons. The number of amides is 2. The van der Waals surface area contributed by atoms with Crippen LogP contribution in [-0.4, -0.2) is 76.0 Å². The van der Waals surface area contributed by atoms with Crippen molar-refractivity contribution in [1.82, 2.24) is 24.8 Å². The molecule has 1 spiro atoms. The molecule has 1 aliphatic carbocycles. The van der Waals surface area contributed by atoms with E-state index in [-0.39, 0.29) is 36.1 Å². The first-order chi connectivity index (χ1) is 19.8. The van der Waals surface area contributed by atoms with Crippen LogP contribution in [0.1, 0.15) is 28.8 Å². The van der Waals surface area contributed by atoms with Crippen molar-refractivity contribution in [2.24, 2.45) is 5.41 Å². The Bertz CT molecular complexity index is 1560. The van der Waals surface area contributed by atoms with Gasteiger partial charge in [0, 0.05) is 50.2 Å². The first-order valence-corrected chi connectivity index (χ1v) is 14.6. The highest BCUT2D eigenvalue weighted by Crippen LogP contribution is 2.48. The lowest BCUT2D eigenvalue weighted by Crippen LogP contribution is -2.63. The largest absolute Gasteiger partial charge is 0.445 e. The first kappa shape index (κ1) is 27.2.